The molecule has 0 aliphatic rings. The van der Waals surface area contributed by atoms with Gasteiger partial charge >= 0.3 is 6.03 Å². The highest BCUT2D eigenvalue weighted by Crippen LogP contribution is 2.11. The maximum atomic E-state index is 12.0. The first-order valence-corrected chi connectivity index (χ1v) is 8.36. The van der Waals surface area contributed by atoms with E-state index in [-0.39, 0.29) is 24.4 Å². The molecule has 0 heterocycles. The summed E-state index contributed by atoms with van der Waals surface area (Å²) in [6, 6.07) is 15.1. The molecule has 0 aliphatic carbocycles. The van der Waals surface area contributed by atoms with Gasteiger partial charge in [0.15, 0.2) is 0 Å². The second kappa shape index (κ2) is 9.83. The van der Waals surface area contributed by atoms with Gasteiger partial charge in [0.1, 0.15) is 0 Å². The monoisotopic (exact) mass is 354 g/mol. The van der Waals surface area contributed by atoms with Gasteiger partial charge in [-0.25, -0.2) is 4.79 Å². The van der Waals surface area contributed by atoms with Gasteiger partial charge in [0.25, 0.3) is 5.91 Å². The number of carbonyl (C=O) groups is 3. The van der Waals surface area contributed by atoms with Crippen molar-refractivity contribution in [3.63, 3.8) is 0 Å². The van der Waals surface area contributed by atoms with E-state index in [0.29, 0.717) is 23.5 Å². The zero-order chi connectivity index (χ0) is 18.8. The van der Waals surface area contributed by atoms with Crippen LogP contribution in [0.3, 0.4) is 0 Å². The van der Waals surface area contributed by atoms with Gasteiger partial charge in [0.05, 0.1) is 6.54 Å². The minimum atomic E-state index is -0.374. The minimum Gasteiger partial charge on any atom is -0.355 e. The summed E-state index contributed by atoms with van der Waals surface area (Å²) < 4.78 is 0. The Morgan fingerprint density at radius 2 is 1.42 bits per heavy atom. The summed E-state index contributed by atoms with van der Waals surface area (Å²) in [5.74, 6) is -0.576. The molecule has 136 valence electrons. The zero-order valence-electron chi connectivity index (χ0n) is 14.5. The molecule has 7 heteroatoms. The number of hydrogen-bond donors (Lipinski definition) is 4. The molecule has 0 saturated heterocycles. The summed E-state index contributed by atoms with van der Waals surface area (Å²) in [5.41, 5.74) is 1.64. The third-order valence-corrected chi connectivity index (χ3v) is 3.42. The Hall–Kier alpha value is -3.35. The van der Waals surface area contributed by atoms with Crippen molar-refractivity contribution in [2.75, 3.05) is 23.7 Å². The van der Waals surface area contributed by atoms with Crippen LogP contribution in [-0.4, -0.2) is 30.9 Å². The van der Waals surface area contributed by atoms with Crippen molar-refractivity contribution < 1.29 is 14.4 Å². The molecule has 0 aliphatic heterocycles. The van der Waals surface area contributed by atoms with Gasteiger partial charge in [0.2, 0.25) is 5.91 Å². The third kappa shape index (κ3) is 6.27. The SMILES string of the molecule is CCCNC(=O)CNC(=O)c1ccc(NC(=O)Nc2ccccc2)cc1. The topological polar surface area (TPSA) is 99.3 Å². The van der Waals surface area contributed by atoms with Crippen LogP contribution in [0.2, 0.25) is 0 Å². The summed E-state index contributed by atoms with van der Waals surface area (Å²) in [5, 5.41) is 10.6. The lowest BCUT2D eigenvalue weighted by Crippen LogP contribution is -2.37. The van der Waals surface area contributed by atoms with E-state index >= 15 is 0 Å². The van der Waals surface area contributed by atoms with Crippen LogP contribution in [0.4, 0.5) is 16.2 Å². The van der Waals surface area contributed by atoms with Crippen LogP contribution in [0.1, 0.15) is 23.7 Å². The van der Waals surface area contributed by atoms with Crippen LogP contribution in [0, 0.1) is 0 Å². The highest BCUT2D eigenvalue weighted by molar-refractivity contribution is 6.00. The predicted molar refractivity (Wildman–Crippen MR) is 101 cm³/mol. The van der Waals surface area contributed by atoms with Crippen LogP contribution >= 0.6 is 0 Å². The number of carbonyl (C=O) groups excluding carboxylic acids is 3. The van der Waals surface area contributed by atoms with Crippen molar-refractivity contribution in [3.8, 4) is 0 Å². The molecule has 0 unspecified atom stereocenters. The van der Waals surface area contributed by atoms with Gasteiger partial charge < -0.3 is 21.3 Å². The number of benzene rings is 2. The number of amides is 4. The number of anilines is 2. The van der Waals surface area contributed by atoms with Crippen molar-refractivity contribution >= 4 is 29.2 Å². The van der Waals surface area contributed by atoms with Crippen LogP contribution in [-0.2, 0) is 4.79 Å². The Morgan fingerprint density at radius 3 is 2.04 bits per heavy atom. The number of para-hydroxylation sites is 1. The van der Waals surface area contributed by atoms with E-state index in [9.17, 15) is 14.4 Å². The van der Waals surface area contributed by atoms with E-state index in [0.717, 1.165) is 6.42 Å². The lowest BCUT2D eigenvalue weighted by molar-refractivity contribution is -0.120. The predicted octanol–water partition coefficient (Wildman–Crippen LogP) is 2.59. The van der Waals surface area contributed by atoms with Gasteiger partial charge in [-0.2, -0.15) is 0 Å². The molecule has 26 heavy (non-hydrogen) atoms. The van der Waals surface area contributed by atoms with Gasteiger partial charge in [-0.05, 0) is 42.8 Å². The van der Waals surface area contributed by atoms with E-state index in [4.69, 9.17) is 0 Å². The molecule has 0 radical (unpaired) electrons. The van der Waals surface area contributed by atoms with Crippen LogP contribution in [0.25, 0.3) is 0 Å². The van der Waals surface area contributed by atoms with Crippen LogP contribution in [0.5, 0.6) is 0 Å². The first kappa shape index (κ1) is 19.0. The highest BCUT2D eigenvalue weighted by Gasteiger charge is 2.08. The summed E-state index contributed by atoms with van der Waals surface area (Å²) in [4.78, 5) is 35.4. The molecule has 0 bridgehead atoms. The molecular weight excluding hydrogens is 332 g/mol. The zero-order valence-corrected chi connectivity index (χ0v) is 14.5. The van der Waals surface area contributed by atoms with Crippen molar-refractivity contribution in [1.29, 1.82) is 0 Å². The molecule has 2 aromatic rings. The normalized spacial score (nSPS) is 9.88. The average Bonchev–Trinajstić information content (AvgIpc) is 2.65. The molecule has 0 saturated carbocycles. The third-order valence-electron chi connectivity index (χ3n) is 3.42. The molecule has 0 spiro atoms. The maximum absolute atomic E-state index is 12.0. The molecule has 7 nitrogen and oxygen atoms in total. The van der Waals surface area contributed by atoms with Crippen LogP contribution in [0.15, 0.2) is 54.6 Å². The summed E-state index contributed by atoms with van der Waals surface area (Å²) in [6.07, 6.45) is 0.839. The molecule has 0 atom stereocenters. The van der Waals surface area contributed by atoms with Gasteiger partial charge in [-0.1, -0.05) is 25.1 Å². The molecule has 0 fully saturated rings. The average molecular weight is 354 g/mol. The highest BCUT2D eigenvalue weighted by atomic mass is 16.2. The quantitative estimate of drug-likeness (QED) is 0.615. The first-order valence-electron chi connectivity index (χ1n) is 8.36. The number of hydrogen-bond acceptors (Lipinski definition) is 3. The van der Waals surface area contributed by atoms with E-state index in [1.165, 1.54) is 0 Å². The van der Waals surface area contributed by atoms with E-state index < -0.39 is 0 Å². The first-order chi connectivity index (χ1) is 12.6. The van der Waals surface area contributed by atoms with E-state index in [2.05, 4.69) is 21.3 Å². The Bertz CT molecular complexity index is 745. The van der Waals surface area contributed by atoms with Crippen LogP contribution < -0.4 is 21.3 Å². The number of rotatable bonds is 7. The molecule has 2 aromatic carbocycles. The smallest absolute Gasteiger partial charge is 0.323 e. The molecular formula is C19H22N4O3. The van der Waals surface area contributed by atoms with Crippen molar-refractivity contribution in [1.82, 2.24) is 10.6 Å². The number of nitrogens with one attached hydrogen (secondary N) is 4. The second-order valence-corrected chi connectivity index (χ2v) is 5.56. The molecule has 4 N–H and O–H groups in total. The largest absolute Gasteiger partial charge is 0.355 e. The fourth-order valence-corrected chi connectivity index (χ4v) is 2.11. The lowest BCUT2D eigenvalue weighted by atomic mass is 10.2. The van der Waals surface area contributed by atoms with E-state index in [1.807, 2.05) is 25.1 Å². The van der Waals surface area contributed by atoms with Crippen molar-refractivity contribution in [2.45, 2.75) is 13.3 Å². The second-order valence-electron chi connectivity index (χ2n) is 5.56. The fraction of sp³-hybridized carbons (Fsp3) is 0.211. The Balaban J connectivity index is 1.82. The standard InChI is InChI=1S/C19H22N4O3/c1-2-12-20-17(24)13-21-18(25)14-8-10-16(11-9-14)23-19(26)22-15-6-4-3-5-7-15/h3-11H,2,12-13H2,1H3,(H,20,24)(H,21,25)(H2,22,23,26). The molecule has 0 aromatic heterocycles. The minimum absolute atomic E-state index is 0.0711. The van der Waals surface area contributed by atoms with Crippen molar-refractivity contribution in [3.05, 3.63) is 60.2 Å². The van der Waals surface area contributed by atoms with Gasteiger partial charge in [-0.3, -0.25) is 9.59 Å². The summed E-state index contributed by atoms with van der Waals surface area (Å²) >= 11 is 0. The summed E-state index contributed by atoms with van der Waals surface area (Å²) in [7, 11) is 0. The lowest BCUT2D eigenvalue weighted by Gasteiger charge is -2.09. The fourth-order valence-electron chi connectivity index (χ4n) is 2.11. The number of urea groups is 1. The Morgan fingerprint density at radius 1 is 0.808 bits per heavy atom. The van der Waals surface area contributed by atoms with Gasteiger partial charge in [0, 0.05) is 23.5 Å². The summed E-state index contributed by atoms with van der Waals surface area (Å²) in [6.45, 7) is 2.47. The Kier molecular flexibility index (Phi) is 7.17. The molecule has 4 amide bonds. The maximum Gasteiger partial charge on any atom is 0.323 e. The Labute approximate surface area is 152 Å². The van der Waals surface area contributed by atoms with E-state index in [1.54, 1.807) is 36.4 Å². The van der Waals surface area contributed by atoms with Crippen molar-refractivity contribution in [2.24, 2.45) is 0 Å². The molecule has 2 rings (SSSR count). The van der Waals surface area contributed by atoms with Gasteiger partial charge in [-0.15, -0.1) is 0 Å².